The molecule has 1 N–H and O–H groups in total. The van der Waals surface area contributed by atoms with Gasteiger partial charge in [-0.05, 0) is 52.6 Å². The molecule has 0 radical (unpaired) electrons. The number of pyridine rings is 1. The Labute approximate surface area is 293 Å². The molecule has 5 rings (SSSR count). The van der Waals surface area contributed by atoms with Gasteiger partial charge in [0, 0.05) is 63.3 Å². The molecule has 5 nitrogen and oxygen atoms in total. The van der Waals surface area contributed by atoms with E-state index in [9.17, 15) is 31.1 Å². The van der Waals surface area contributed by atoms with Crippen LogP contribution in [0.1, 0.15) is 32.6 Å². The molecule has 0 bridgehead atoms. The average Bonchev–Trinajstić information content (AvgIpc) is 3.02. The third kappa shape index (κ3) is 10.8. The fourth-order valence-electron chi connectivity index (χ4n) is 5.52. The van der Waals surface area contributed by atoms with Crippen LogP contribution in [0.5, 0.6) is 0 Å². The van der Waals surface area contributed by atoms with Crippen molar-refractivity contribution in [2.75, 3.05) is 32.7 Å². The van der Waals surface area contributed by atoms with E-state index in [-0.39, 0.29) is 49.8 Å². The predicted octanol–water partition coefficient (Wildman–Crippen LogP) is 8.25. The van der Waals surface area contributed by atoms with E-state index < -0.39 is 41.0 Å². The average molecular weight is 736 g/mol. The summed E-state index contributed by atoms with van der Waals surface area (Å²) in [5, 5.41) is 5.34. The molecule has 48 heavy (non-hydrogen) atoms. The lowest BCUT2D eigenvalue weighted by Gasteiger charge is -2.41. The summed E-state index contributed by atoms with van der Waals surface area (Å²) in [4.78, 5) is 21.3. The number of nitrogens with one attached hydrogen (secondary N) is 1. The van der Waals surface area contributed by atoms with Crippen LogP contribution in [0.4, 0.5) is 26.3 Å². The summed E-state index contributed by atoms with van der Waals surface area (Å²) in [5.41, 5.74) is -1.67. The number of rotatable bonds is 9. The number of carbonyl (C=O) groups is 1. The molecule has 1 fully saturated rings. The van der Waals surface area contributed by atoms with E-state index in [1.54, 1.807) is 12.4 Å². The Balaban J connectivity index is 0.00000267. The van der Waals surface area contributed by atoms with Gasteiger partial charge in [-0.3, -0.25) is 14.7 Å². The Kier molecular flexibility index (Phi) is 15.2. The van der Waals surface area contributed by atoms with E-state index in [1.807, 2.05) is 66.7 Å². The summed E-state index contributed by atoms with van der Waals surface area (Å²) in [6.45, 7) is 2.84. The van der Waals surface area contributed by atoms with Gasteiger partial charge in [-0.25, -0.2) is 0 Å². The summed E-state index contributed by atoms with van der Waals surface area (Å²) in [7, 11) is 0. The Morgan fingerprint density at radius 2 is 1.50 bits per heavy atom. The minimum Gasteiger partial charge on any atom is -0.333 e. The van der Waals surface area contributed by atoms with Crippen LogP contribution in [0.15, 0.2) is 97.3 Å². The number of hydrogen-bond acceptors (Lipinski definition) is 4. The fourth-order valence-corrected chi connectivity index (χ4v) is 5.52. The van der Waals surface area contributed by atoms with E-state index in [2.05, 4.69) is 15.2 Å². The number of nitrogens with zero attached hydrogens (tertiary/aromatic N) is 3. The Morgan fingerprint density at radius 3 is 2.15 bits per heavy atom. The van der Waals surface area contributed by atoms with E-state index >= 15 is 0 Å². The molecule has 3 aromatic carbocycles. The highest BCUT2D eigenvalue weighted by atomic mass is 35.5. The van der Waals surface area contributed by atoms with Crippen molar-refractivity contribution in [2.24, 2.45) is 0 Å². The van der Waals surface area contributed by atoms with Crippen LogP contribution < -0.4 is 5.32 Å². The van der Waals surface area contributed by atoms with Crippen LogP contribution in [-0.4, -0.2) is 59.5 Å². The maximum atomic E-state index is 13.7. The van der Waals surface area contributed by atoms with E-state index in [4.69, 9.17) is 0 Å². The van der Waals surface area contributed by atoms with Gasteiger partial charge < -0.3 is 10.2 Å². The van der Waals surface area contributed by atoms with Gasteiger partial charge in [-0.1, -0.05) is 60.7 Å². The lowest BCUT2D eigenvalue weighted by Crippen LogP contribution is -2.56. The van der Waals surface area contributed by atoms with Crippen LogP contribution in [0.25, 0.3) is 10.8 Å². The molecule has 1 aliphatic rings. The monoisotopic (exact) mass is 734 g/mol. The number of benzene rings is 3. The standard InChI is InChI=1S/C34H32F6N4O.3ClH/c35-33(36,37)29-18-28(19-30(20-29)34(38,39)40)32(45)44-15-14-43(13-4-3-11-41-21-25-6-5-12-42-22-25)23-31(44)17-24-9-10-26-7-1-2-8-27(26)16-24;;;/h1-10,12,16,18-20,22,31,41H,11,13-15,17,21,23H2;3*1H/b4-3+;;;/t31-;;;/m1.../s1. The van der Waals surface area contributed by atoms with Gasteiger partial charge >= 0.3 is 12.4 Å². The highest BCUT2D eigenvalue weighted by molar-refractivity contribution is 5.95. The number of hydrogen-bond donors (Lipinski definition) is 1. The minimum absolute atomic E-state index is 0. The lowest BCUT2D eigenvalue weighted by atomic mass is 9.97. The van der Waals surface area contributed by atoms with Crippen molar-refractivity contribution in [3.8, 4) is 0 Å². The van der Waals surface area contributed by atoms with Crippen LogP contribution in [0.3, 0.4) is 0 Å². The Bertz CT molecular complexity index is 1620. The van der Waals surface area contributed by atoms with Gasteiger partial charge in [0.1, 0.15) is 0 Å². The lowest BCUT2D eigenvalue weighted by molar-refractivity contribution is -0.143. The van der Waals surface area contributed by atoms with Crippen molar-refractivity contribution < 1.29 is 31.1 Å². The first-order valence-electron chi connectivity index (χ1n) is 14.5. The predicted molar refractivity (Wildman–Crippen MR) is 182 cm³/mol. The Hall–Kier alpha value is -3.35. The molecule has 1 atom stereocenters. The van der Waals surface area contributed by atoms with Crippen molar-refractivity contribution in [3.05, 3.63) is 125 Å². The third-order valence-corrected chi connectivity index (χ3v) is 7.79. The quantitative estimate of drug-likeness (QED) is 0.107. The molecular formula is C34H35Cl3F6N4O. The molecule has 1 aliphatic heterocycles. The van der Waals surface area contributed by atoms with Crippen molar-refractivity contribution in [3.63, 3.8) is 0 Å². The zero-order chi connectivity index (χ0) is 32.0. The van der Waals surface area contributed by atoms with E-state index in [1.165, 1.54) is 4.90 Å². The van der Waals surface area contributed by atoms with Gasteiger partial charge in [-0.15, -0.1) is 37.2 Å². The van der Waals surface area contributed by atoms with Gasteiger partial charge in [0.05, 0.1) is 11.1 Å². The van der Waals surface area contributed by atoms with Gasteiger partial charge in [-0.2, -0.15) is 26.3 Å². The highest BCUT2D eigenvalue weighted by Crippen LogP contribution is 2.37. The fraction of sp³-hybridized carbons (Fsp3) is 0.294. The number of piperazine rings is 1. The van der Waals surface area contributed by atoms with Crippen molar-refractivity contribution >= 4 is 53.9 Å². The maximum Gasteiger partial charge on any atom is 0.416 e. The van der Waals surface area contributed by atoms with Crippen LogP contribution >= 0.6 is 37.2 Å². The molecule has 260 valence electrons. The number of amides is 1. The van der Waals surface area contributed by atoms with Crippen LogP contribution in [-0.2, 0) is 25.3 Å². The van der Waals surface area contributed by atoms with Crippen molar-refractivity contribution in [1.82, 2.24) is 20.1 Å². The van der Waals surface area contributed by atoms with E-state index in [0.29, 0.717) is 51.3 Å². The Morgan fingerprint density at radius 1 is 0.812 bits per heavy atom. The molecule has 4 aromatic rings. The summed E-state index contributed by atoms with van der Waals surface area (Å²) >= 11 is 0. The van der Waals surface area contributed by atoms with Crippen molar-refractivity contribution in [2.45, 2.75) is 31.4 Å². The number of halogens is 9. The smallest absolute Gasteiger partial charge is 0.333 e. The minimum atomic E-state index is -5.04. The van der Waals surface area contributed by atoms with Crippen LogP contribution in [0.2, 0.25) is 0 Å². The molecule has 0 aliphatic carbocycles. The molecular weight excluding hydrogens is 701 g/mol. The summed E-state index contributed by atoms with van der Waals surface area (Å²) in [6, 6.07) is 18.1. The third-order valence-electron chi connectivity index (χ3n) is 7.79. The van der Waals surface area contributed by atoms with E-state index in [0.717, 1.165) is 21.9 Å². The first kappa shape index (κ1) is 40.8. The zero-order valence-corrected chi connectivity index (χ0v) is 28.0. The number of carbonyl (C=O) groups excluding carboxylic acids is 1. The first-order valence-corrected chi connectivity index (χ1v) is 14.5. The zero-order valence-electron chi connectivity index (χ0n) is 25.5. The molecule has 1 aromatic heterocycles. The van der Waals surface area contributed by atoms with Crippen LogP contribution in [0, 0.1) is 0 Å². The normalized spacial score (nSPS) is 15.5. The molecule has 1 saturated heterocycles. The molecule has 0 saturated carbocycles. The molecule has 2 heterocycles. The first-order chi connectivity index (χ1) is 21.5. The summed E-state index contributed by atoms with van der Waals surface area (Å²) in [6.07, 6.45) is -2.21. The van der Waals surface area contributed by atoms with Gasteiger partial charge in [0.15, 0.2) is 0 Å². The number of fused-ring (bicyclic) bond motifs is 1. The van der Waals surface area contributed by atoms with Gasteiger partial charge in [0.25, 0.3) is 5.91 Å². The van der Waals surface area contributed by atoms with Crippen molar-refractivity contribution in [1.29, 1.82) is 0 Å². The largest absolute Gasteiger partial charge is 0.416 e. The molecule has 14 heteroatoms. The number of alkyl halides is 6. The number of aromatic nitrogens is 1. The second-order valence-corrected chi connectivity index (χ2v) is 11.1. The molecule has 1 amide bonds. The molecule has 0 unspecified atom stereocenters. The SMILES string of the molecule is Cl.Cl.Cl.O=C(c1cc(C(F)(F)F)cc(C(F)(F)F)c1)N1CCN(C/C=C/CNCc2cccnc2)C[C@H]1Cc1ccc2ccccc2c1. The highest BCUT2D eigenvalue weighted by Gasteiger charge is 2.39. The second-order valence-electron chi connectivity index (χ2n) is 11.1. The summed E-state index contributed by atoms with van der Waals surface area (Å²) < 4.78 is 81.3. The second kappa shape index (κ2) is 17.9. The molecule has 0 spiro atoms. The van der Waals surface area contributed by atoms with Gasteiger partial charge in [0.2, 0.25) is 0 Å². The summed E-state index contributed by atoms with van der Waals surface area (Å²) in [5.74, 6) is -0.854. The topological polar surface area (TPSA) is 48.5 Å². The maximum absolute atomic E-state index is 13.7.